The summed E-state index contributed by atoms with van der Waals surface area (Å²) in [6, 6.07) is 2.98. The normalized spacial score (nSPS) is 9.64. The molecule has 0 atom stereocenters. The summed E-state index contributed by atoms with van der Waals surface area (Å²) in [7, 11) is 0. The third-order valence-corrected chi connectivity index (χ3v) is 2.12. The summed E-state index contributed by atoms with van der Waals surface area (Å²) in [6.07, 6.45) is 1.64. The van der Waals surface area contributed by atoms with Crippen molar-refractivity contribution in [2.24, 2.45) is 0 Å². The van der Waals surface area contributed by atoms with Crippen LogP contribution in [0.2, 0.25) is 10.0 Å². The maximum atomic E-state index is 10.2. The minimum atomic E-state index is 0.154. The topological polar surface area (TPSA) is 43.1 Å². The maximum Gasteiger partial charge on any atom is 0.235 e. The van der Waals surface area contributed by atoms with Crippen molar-refractivity contribution in [1.82, 2.24) is 0 Å². The van der Waals surface area contributed by atoms with E-state index < -0.39 is 0 Å². The highest BCUT2D eigenvalue weighted by molar-refractivity contribution is 6.44. The Kier molecular flexibility index (Phi) is 2.37. The number of hydrogen-bond donors (Lipinski definition) is 1. The minimum Gasteiger partial charge on any atom is -0.397 e. The van der Waals surface area contributed by atoms with E-state index in [1.165, 1.54) is 12.1 Å². The van der Waals surface area contributed by atoms with E-state index in [1.807, 2.05) is 0 Å². The summed E-state index contributed by atoms with van der Waals surface area (Å²) in [5.74, 6) is 0. The minimum absolute atomic E-state index is 0.154. The molecule has 1 rings (SSSR count). The van der Waals surface area contributed by atoms with Crippen LogP contribution < -0.4 is 5.73 Å². The zero-order valence-corrected chi connectivity index (χ0v) is 6.91. The molecule has 1 radical (unpaired) electrons. The molecule has 0 saturated heterocycles. The molecule has 0 amide bonds. The first-order valence-electron chi connectivity index (χ1n) is 2.78. The van der Waals surface area contributed by atoms with Gasteiger partial charge in [0, 0.05) is 5.56 Å². The molecule has 1 aromatic carbocycles. The van der Waals surface area contributed by atoms with Gasteiger partial charge in [0.25, 0.3) is 0 Å². The Balaban J connectivity index is 3.36. The number of hydrogen-bond acceptors (Lipinski definition) is 2. The monoisotopic (exact) mass is 188 g/mol. The number of rotatable bonds is 1. The summed E-state index contributed by atoms with van der Waals surface area (Å²) in [6.45, 7) is 0. The Bertz CT molecular complexity index is 299. The number of nitrogens with two attached hydrogens (primary N) is 1. The molecule has 0 aromatic heterocycles. The van der Waals surface area contributed by atoms with Crippen molar-refractivity contribution in [3.8, 4) is 0 Å². The van der Waals surface area contributed by atoms with Gasteiger partial charge < -0.3 is 5.73 Å². The molecule has 57 valence electrons. The molecule has 0 aliphatic rings. The summed E-state index contributed by atoms with van der Waals surface area (Å²) in [4.78, 5) is 10.2. The SMILES string of the molecule is Nc1ccc([C]=O)c(Cl)c1Cl. The summed E-state index contributed by atoms with van der Waals surface area (Å²) in [5, 5.41) is 0.356. The second kappa shape index (κ2) is 3.11. The van der Waals surface area contributed by atoms with Crippen LogP contribution in [0.25, 0.3) is 0 Å². The molecule has 2 nitrogen and oxygen atoms in total. The Morgan fingerprint density at radius 3 is 2.45 bits per heavy atom. The smallest absolute Gasteiger partial charge is 0.235 e. The standard InChI is InChI=1S/C7H4Cl2NO/c8-6-4(3-11)1-2-5(10)7(6)9/h1-2H,10H2. The third kappa shape index (κ3) is 1.47. The summed E-state index contributed by atoms with van der Waals surface area (Å²) >= 11 is 11.2. The molecule has 0 aliphatic heterocycles. The van der Waals surface area contributed by atoms with Crippen LogP contribution in [0.1, 0.15) is 5.56 Å². The van der Waals surface area contributed by atoms with Gasteiger partial charge in [-0.25, -0.2) is 0 Å². The molecule has 0 heterocycles. The van der Waals surface area contributed by atoms with Gasteiger partial charge in [0.05, 0.1) is 15.7 Å². The van der Waals surface area contributed by atoms with E-state index in [9.17, 15) is 4.79 Å². The zero-order chi connectivity index (χ0) is 8.43. The van der Waals surface area contributed by atoms with Crippen molar-refractivity contribution < 1.29 is 4.79 Å². The average Bonchev–Trinajstić information content (AvgIpc) is 2.01. The van der Waals surface area contributed by atoms with Crippen LogP contribution in [0.4, 0.5) is 5.69 Å². The van der Waals surface area contributed by atoms with E-state index in [4.69, 9.17) is 28.9 Å². The Morgan fingerprint density at radius 1 is 1.27 bits per heavy atom. The van der Waals surface area contributed by atoms with Crippen LogP contribution in [0, 0.1) is 0 Å². The molecule has 0 aliphatic carbocycles. The molecule has 0 fully saturated rings. The molecular formula is C7H4Cl2NO. The largest absolute Gasteiger partial charge is 0.397 e. The molecular weight excluding hydrogens is 185 g/mol. The van der Waals surface area contributed by atoms with Gasteiger partial charge in [-0.05, 0) is 12.1 Å². The molecule has 4 heteroatoms. The predicted molar refractivity (Wildman–Crippen MR) is 45.7 cm³/mol. The number of halogens is 2. The van der Waals surface area contributed by atoms with Gasteiger partial charge in [0.2, 0.25) is 6.29 Å². The van der Waals surface area contributed by atoms with Crippen LogP contribution >= 0.6 is 23.2 Å². The summed E-state index contributed by atoms with van der Waals surface area (Å²) in [5.41, 5.74) is 5.98. The molecule has 1 aromatic rings. The van der Waals surface area contributed by atoms with Crippen molar-refractivity contribution in [3.63, 3.8) is 0 Å². The van der Waals surface area contributed by atoms with Gasteiger partial charge in [-0.15, -0.1) is 0 Å². The third-order valence-electron chi connectivity index (χ3n) is 1.22. The second-order valence-electron chi connectivity index (χ2n) is 1.93. The lowest BCUT2D eigenvalue weighted by Gasteiger charge is -2.00. The van der Waals surface area contributed by atoms with Crippen molar-refractivity contribution >= 4 is 35.2 Å². The first-order valence-corrected chi connectivity index (χ1v) is 3.54. The second-order valence-corrected chi connectivity index (χ2v) is 2.69. The van der Waals surface area contributed by atoms with Gasteiger partial charge in [0.15, 0.2) is 0 Å². The van der Waals surface area contributed by atoms with E-state index in [2.05, 4.69) is 0 Å². The van der Waals surface area contributed by atoms with Crippen LogP contribution in [-0.2, 0) is 4.79 Å². The fourth-order valence-electron chi connectivity index (χ4n) is 0.643. The molecule has 0 unspecified atom stereocenters. The quantitative estimate of drug-likeness (QED) is 0.686. The lowest BCUT2D eigenvalue weighted by atomic mass is 10.2. The van der Waals surface area contributed by atoms with Gasteiger partial charge in [0.1, 0.15) is 0 Å². The number of anilines is 1. The molecule has 0 saturated carbocycles. The number of benzene rings is 1. The fourth-order valence-corrected chi connectivity index (χ4v) is 1.02. The van der Waals surface area contributed by atoms with E-state index in [0.29, 0.717) is 5.69 Å². The van der Waals surface area contributed by atoms with Crippen molar-refractivity contribution in [1.29, 1.82) is 0 Å². The highest BCUT2D eigenvalue weighted by atomic mass is 35.5. The number of carbonyl (C=O) groups excluding carboxylic acids is 1. The van der Waals surface area contributed by atoms with Crippen molar-refractivity contribution in [2.75, 3.05) is 5.73 Å². The molecule has 11 heavy (non-hydrogen) atoms. The average molecular weight is 189 g/mol. The summed E-state index contributed by atoms with van der Waals surface area (Å²) < 4.78 is 0. The molecule has 0 bridgehead atoms. The molecule has 0 spiro atoms. The van der Waals surface area contributed by atoms with Crippen LogP contribution in [0.15, 0.2) is 12.1 Å². The predicted octanol–water partition coefficient (Wildman–Crippen LogP) is 2.03. The lowest BCUT2D eigenvalue weighted by Crippen LogP contribution is -1.90. The number of nitrogen functional groups attached to an aromatic ring is 1. The van der Waals surface area contributed by atoms with Gasteiger partial charge in [-0.2, -0.15) is 0 Å². The van der Waals surface area contributed by atoms with E-state index >= 15 is 0 Å². The Hall–Kier alpha value is -0.730. The first-order chi connectivity index (χ1) is 5.16. The maximum absolute atomic E-state index is 10.2. The van der Waals surface area contributed by atoms with Crippen LogP contribution in [0.5, 0.6) is 0 Å². The van der Waals surface area contributed by atoms with Crippen molar-refractivity contribution in [3.05, 3.63) is 27.7 Å². The highest BCUT2D eigenvalue weighted by Crippen LogP contribution is 2.29. The first kappa shape index (κ1) is 8.37. The Labute approximate surface area is 73.9 Å². The van der Waals surface area contributed by atoms with Gasteiger partial charge in [-0.1, -0.05) is 23.2 Å². The van der Waals surface area contributed by atoms with Crippen molar-refractivity contribution in [2.45, 2.75) is 0 Å². The van der Waals surface area contributed by atoms with Crippen LogP contribution in [-0.4, -0.2) is 6.29 Å². The molecule has 2 N–H and O–H groups in total. The zero-order valence-electron chi connectivity index (χ0n) is 5.40. The fraction of sp³-hybridized carbons (Fsp3) is 0. The van der Waals surface area contributed by atoms with E-state index in [0.717, 1.165) is 0 Å². The lowest BCUT2D eigenvalue weighted by molar-refractivity contribution is 0.563. The van der Waals surface area contributed by atoms with E-state index in [1.54, 1.807) is 6.29 Å². The van der Waals surface area contributed by atoms with Gasteiger partial charge >= 0.3 is 0 Å². The van der Waals surface area contributed by atoms with E-state index in [-0.39, 0.29) is 15.6 Å². The highest BCUT2D eigenvalue weighted by Gasteiger charge is 2.06. The van der Waals surface area contributed by atoms with Crippen LogP contribution in [0.3, 0.4) is 0 Å². The Morgan fingerprint density at radius 2 is 1.91 bits per heavy atom. The van der Waals surface area contributed by atoms with Gasteiger partial charge in [-0.3, -0.25) is 4.79 Å².